The van der Waals surface area contributed by atoms with Gasteiger partial charge in [0.1, 0.15) is 10.8 Å². The Labute approximate surface area is 101 Å². The van der Waals surface area contributed by atoms with Gasteiger partial charge in [-0.1, -0.05) is 11.6 Å². The molecule has 5 heteroatoms. The topological polar surface area (TPSA) is 30.0 Å². The first-order valence-corrected chi connectivity index (χ1v) is 5.79. The van der Waals surface area contributed by atoms with Gasteiger partial charge in [0.05, 0.1) is 12.0 Å². The molecule has 0 spiro atoms. The molecule has 0 aliphatic rings. The third-order valence-electron chi connectivity index (χ3n) is 2.03. The van der Waals surface area contributed by atoms with Crippen molar-refractivity contribution < 1.29 is 9.18 Å². The molecule has 0 bridgehead atoms. The van der Waals surface area contributed by atoms with Crippen molar-refractivity contribution in [2.75, 3.05) is 0 Å². The molecule has 0 unspecified atom stereocenters. The van der Waals surface area contributed by atoms with E-state index in [0.29, 0.717) is 5.01 Å². The molecule has 0 N–H and O–H groups in total. The van der Waals surface area contributed by atoms with Gasteiger partial charge in [-0.05, 0) is 18.2 Å². The average Bonchev–Trinajstić information content (AvgIpc) is 2.70. The van der Waals surface area contributed by atoms with Crippen LogP contribution in [0.5, 0.6) is 0 Å². The number of thiazole rings is 1. The summed E-state index contributed by atoms with van der Waals surface area (Å²) >= 11 is 6.98. The molecule has 16 heavy (non-hydrogen) atoms. The Morgan fingerprint density at radius 2 is 2.31 bits per heavy atom. The number of nitrogens with zero attached hydrogens (tertiary/aromatic N) is 1. The van der Waals surface area contributed by atoms with E-state index < -0.39 is 5.82 Å². The van der Waals surface area contributed by atoms with Gasteiger partial charge >= 0.3 is 0 Å². The average molecular weight is 256 g/mol. The van der Waals surface area contributed by atoms with Gasteiger partial charge in [-0.2, -0.15) is 0 Å². The SMILES string of the molecule is O=C(Cc1nccs1)c1ccc(Cl)cc1F. The van der Waals surface area contributed by atoms with E-state index in [1.807, 2.05) is 0 Å². The molecule has 2 aromatic rings. The summed E-state index contributed by atoms with van der Waals surface area (Å²) in [6, 6.07) is 4.03. The van der Waals surface area contributed by atoms with Gasteiger partial charge in [0.25, 0.3) is 0 Å². The second kappa shape index (κ2) is 4.72. The monoisotopic (exact) mass is 255 g/mol. The normalized spacial score (nSPS) is 10.4. The van der Waals surface area contributed by atoms with E-state index in [9.17, 15) is 9.18 Å². The van der Waals surface area contributed by atoms with Crippen LogP contribution in [-0.2, 0) is 6.42 Å². The number of halogens is 2. The van der Waals surface area contributed by atoms with Gasteiger partial charge in [-0.3, -0.25) is 4.79 Å². The lowest BCUT2D eigenvalue weighted by Gasteiger charge is -2.01. The molecule has 0 saturated heterocycles. The highest BCUT2D eigenvalue weighted by molar-refractivity contribution is 7.09. The first-order valence-electron chi connectivity index (χ1n) is 4.53. The number of carbonyl (C=O) groups excluding carboxylic acids is 1. The van der Waals surface area contributed by atoms with E-state index in [2.05, 4.69) is 4.98 Å². The van der Waals surface area contributed by atoms with Crippen molar-refractivity contribution in [3.63, 3.8) is 0 Å². The van der Waals surface area contributed by atoms with E-state index in [1.54, 1.807) is 11.6 Å². The van der Waals surface area contributed by atoms with Crippen LogP contribution in [-0.4, -0.2) is 10.8 Å². The Morgan fingerprint density at radius 3 is 2.94 bits per heavy atom. The number of aromatic nitrogens is 1. The van der Waals surface area contributed by atoms with E-state index in [-0.39, 0.29) is 22.8 Å². The fourth-order valence-electron chi connectivity index (χ4n) is 1.29. The summed E-state index contributed by atoms with van der Waals surface area (Å²) in [6.45, 7) is 0. The Kier molecular flexibility index (Phi) is 3.31. The highest BCUT2D eigenvalue weighted by atomic mass is 35.5. The number of carbonyl (C=O) groups is 1. The molecule has 0 fully saturated rings. The van der Waals surface area contributed by atoms with Crippen molar-refractivity contribution in [2.24, 2.45) is 0 Å². The molecule has 82 valence electrons. The predicted molar refractivity (Wildman–Crippen MR) is 61.6 cm³/mol. The number of benzene rings is 1. The third kappa shape index (κ3) is 2.46. The van der Waals surface area contributed by atoms with Gasteiger partial charge in [0.2, 0.25) is 0 Å². The third-order valence-corrected chi connectivity index (χ3v) is 3.04. The van der Waals surface area contributed by atoms with Crippen molar-refractivity contribution in [3.05, 3.63) is 51.2 Å². The fraction of sp³-hybridized carbons (Fsp3) is 0.0909. The zero-order valence-corrected chi connectivity index (χ0v) is 9.69. The maximum Gasteiger partial charge on any atom is 0.172 e. The molecule has 2 rings (SSSR count). The van der Waals surface area contributed by atoms with Crippen LogP contribution in [0.15, 0.2) is 29.8 Å². The van der Waals surface area contributed by atoms with Crippen LogP contribution in [0.1, 0.15) is 15.4 Å². The van der Waals surface area contributed by atoms with E-state index in [4.69, 9.17) is 11.6 Å². The number of rotatable bonds is 3. The zero-order chi connectivity index (χ0) is 11.5. The Morgan fingerprint density at radius 1 is 1.50 bits per heavy atom. The smallest absolute Gasteiger partial charge is 0.172 e. The molecule has 0 atom stereocenters. The minimum absolute atomic E-state index is 0.0552. The highest BCUT2D eigenvalue weighted by Crippen LogP contribution is 2.17. The molecular formula is C11H7ClFNOS. The summed E-state index contributed by atoms with van der Waals surface area (Å²) < 4.78 is 13.4. The molecule has 0 radical (unpaired) electrons. The molecule has 1 heterocycles. The highest BCUT2D eigenvalue weighted by Gasteiger charge is 2.13. The second-order valence-corrected chi connectivity index (χ2v) is 4.57. The first kappa shape index (κ1) is 11.2. The van der Waals surface area contributed by atoms with Crippen molar-refractivity contribution >= 4 is 28.7 Å². The van der Waals surface area contributed by atoms with Gasteiger partial charge < -0.3 is 0 Å². The fourth-order valence-corrected chi connectivity index (χ4v) is 2.06. The summed E-state index contributed by atoms with van der Waals surface area (Å²) in [7, 11) is 0. The molecule has 0 aliphatic heterocycles. The van der Waals surface area contributed by atoms with E-state index in [1.165, 1.54) is 23.5 Å². The molecule has 0 amide bonds. The standard InChI is InChI=1S/C11H7ClFNOS/c12-7-1-2-8(9(13)5-7)10(15)6-11-14-3-4-16-11/h1-5H,6H2. The van der Waals surface area contributed by atoms with Crippen LogP contribution in [0.2, 0.25) is 5.02 Å². The second-order valence-electron chi connectivity index (χ2n) is 3.15. The minimum Gasteiger partial charge on any atom is -0.294 e. The molecule has 0 saturated carbocycles. The predicted octanol–water partition coefficient (Wildman–Crippen LogP) is 3.36. The summed E-state index contributed by atoms with van der Waals surface area (Å²) in [4.78, 5) is 15.7. The lowest BCUT2D eigenvalue weighted by molar-refractivity contribution is 0.0989. The van der Waals surface area contributed by atoms with Crippen LogP contribution in [0.25, 0.3) is 0 Å². The summed E-state index contributed by atoms with van der Waals surface area (Å²) in [5.41, 5.74) is 0.0552. The van der Waals surface area contributed by atoms with Gasteiger partial charge in [-0.25, -0.2) is 9.37 Å². The van der Waals surface area contributed by atoms with Crippen molar-refractivity contribution in [3.8, 4) is 0 Å². The molecular weight excluding hydrogens is 249 g/mol. The number of hydrogen-bond acceptors (Lipinski definition) is 3. The van der Waals surface area contributed by atoms with Crippen LogP contribution in [0, 0.1) is 5.82 Å². The Bertz CT molecular complexity index is 513. The van der Waals surface area contributed by atoms with Gasteiger partial charge in [0.15, 0.2) is 5.78 Å². The number of hydrogen-bond donors (Lipinski definition) is 0. The largest absolute Gasteiger partial charge is 0.294 e. The summed E-state index contributed by atoms with van der Waals surface area (Å²) in [6.07, 6.45) is 1.74. The van der Waals surface area contributed by atoms with Gasteiger partial charge in [-0.15, -0.1) is 11.3 Å². The molecule has 1 aromatic heterocycles. The number of ketones is 1. The van der Waals surface area contributed by atoms with Crippen LogP contribution < -0.4 is 0 Å². The Hall–Kier alpha value is -1.26. The zero-order valence-electron chi connectivity index (χ0n) is 8.11. The lowest BCUT2D eigenvalue weighted by Crippen LogP contribution is -2.05. The number of Topliss-reactive ketones (excluding diaryl/α,β-unsaturated/α-hetero) is 1. The maximum atomic E-state index is 13.4. The minimum atomic E-state index is -0.589. The summed E-state index contributed by atoms with van der Waals surface area (Å²) in [5.74, 6) is -0.877. The Balaban J connectivity index is 2.21. The summed E-state index contributed by atoms with van der Waals surface area (Å²) in [5, 5.41) is 2.74. The van der Waals surface area contributed by atoms with Crippen LogP contribution >= 0.6 is 22.9 Å². The molecule has 0 aliphatic carbocycles. The molecule has 2 nitrogen and oxygen atoms in total. The molecule has 1 aromatic carbocycles. The van der Waals surface area contributed by atoms with Crippen molar-refractivity contribution in [1.82, 2.24) is 4.98 Å². The van der Waals surface area contributed by atoms with Gasteiger partial charge in [0, 0.05) is 16.6 Å². The van der Waals surface area contributed by atoms with Crippen molar-refractivity contribution in [2.45, 2.75) is 6.42 Å². The van der Waals surface area contributed by atoms with E-state index >= 15 is 0 Å². The quantitative estimate of drug-likeness (QED) is 0.787. The lowest BCUT2D eigenvalue weighted by atomic mass is 10.1. The maximum absolute atomic E-state index is 13.4. The van der Waals surface area contributed by atoms with Crippen molar-refractivity contribution in [1.29, 1.82) is 0 Å². The first-order chi connectivity index (χ1) is 7.66. The van der Waals surface area contributed by atoms with E-state index in [0.717, 1.165) is 6.07 Å². The van der Waals surface area contributed by atoms with Crippen LogP contribution in [0.3, 0.4) is 0 Å². The van der Waals surface area contributed by atoms with Crippen LogP contribution in [0.4, 0.5) is 4.39 Å².